The first-order valence-corrected chi connectivity index (χ1v) is 10.1. The lowest BCUT2D eigenvalue weighted by Gasteiger charge is -2.33. The largest absolute Gasteiger partial charge is 0.506 e. The highest BCUT2D eigenvalue weighted by Crippen LogP contribution is 2.39. The van der Waals surface area contributed by atoms with Gasteiger partial charge in [0.25, 0.3) is 0 Å². The quantitative estimate of drug-likeness (QED) is 0.310. The first kappa shape index (κ1) is 21.2. The molecule has 1 saturated carbocycles. The molecule has 3 rings (SSSR count). The Balaban J connectivity index is 1.93. The molecule has 0 saturated heterocycles. The van der Waals surface area contributed by atoms with Crippen molar-refractivity contribution in [1.29, 1.82) is 0 Å². The number of rotatable bonds is 5. The van der Waals surface area contributed by atoms with Crippen LogP contribution in [0, 0.1) is 5.41 Å². The monoisotopic (exact) mass is 408 g/mol. The van der Waals surface area contributed by atoms with Crippen LogP contribution in [-0.2, 0) is 10.8 Å². The van der Waals surface area contributed by atoms with Crippen LogP contribution in [0.2, 0.25) is 0 Å². The van der Waals surface area contributed by atoms with Gasteiger partial charge in [0.2, 0.25) is 0 Å². The summed E-state index contributed by atoms with van der Waals surface area (Å²) in [5.41, 5.74) is 12.6. The molecule has 0 aromatic heterocycles. The summed E-state index contributed by atoms with van der Waals surface area (Å²) in [5, 5.41) is 9.81. The van der Waals surface area contributed by atoms with Crippen LogP contribution in [0.1, 0.15) is 38.7 Å². The molecule has 0 radical (unpaired) electrons. The fraction of sp³-hybridized carbons (Fsp3) is 0.292. The number of thiol groups is 1. The lowest BCUT2D eigenvalue weighted by molar-refractivity contribution is 0.327. The van der Waals surface area contributed by atoms with E-state index in [9.17, 15) is 5.11 Å². The highest BCUT2D eigenvalue weighted by atomic mass is 32.1. The molecule has 0 spiro atoms. The van der Waals surface area contributed by atoms with Gasteiger partial charge in [-0.3, -0.25) is 4.99 Å². The van der Waals surface area contributed by atoms with Gasteiger partial charge in [0.15, 0.2) is 0 Å². The molecule has 0 amide bonds. The average molecular weight is 409 g/mol. The van der Waals surface area contributed by atoms with Crippen molar-refractivity contribution in [2.75, 3.05) is 0 Å². The Kier molecular flexibility index (Phi) is 6.50. The average Bonchev–Trinajstić information content (AvgIpc) is 2.70. The summed E-state index contributed by atoms with van der Waals surface area (Å²) in [6.07, 6.45) is 2.61. The summed E-state index contributed by atoms with van der Waals surface area (Å²) in [7, 11) is 0. The van der Waals surface area contributed by atoms with Gasteiger partial charge in [-0.25, -0.2) is 0 Å². The first-order chi connectivity index (χ1) is 13.8. The van der Waals surface area contributed by atoms with E-state index in [0.29, 0.717) is 12.3 Å². The number of nitrogens with zero attached hydrogens (tertiary/aromatic N) is 1. The summed E-state index contributed by atoms with van der Waals surface area (Å²) >= 11 is 3.88. The Morgan fingerprint density at radius 3 is 2.55 bits per heavy atom. The summed E-state index contributed by atoms with van der Waals surface area (Å²) in [6.45, 7) is 8.44. The molecule has 0 aliphatic heterocycles. The second-order valence-corrected chi connectivity index (χ2v) is 8.47. The molecule has 0 heterocycles. The van der Waals surface area contributed by atoms with Gasteiger partial charge in [-0.2, -0.15) is 0 Å². The molecule has 3 N–H and O–H groups in total. The third-order valence-electron chi connectivity index (χ3n) is 5.36. The van der Waals surface area contributed by atoms with Crippen molar-refractivity contribution in [3.8, 4) is 11.1 Å². The van der Waals surface area contributed by atoms with Gasteiger partial charge in [0.05, 0.1) is 18.0 Å². The lowest BCUT2D eigenvalue weighted by Crippen LogP contribution is -2.26. The van der Waals surface area contributed by atoms with Crippen molar-refractivity contribution in [2.24, 2.45) is 16.1 Å². The summed E-state index contributed by atoms with van der Waals surface area (Å²) in [6, 6.07) is 16.2. The Morgan fingerprint density at radius 1 is 1.21 bits per heavy atom. The van der Waals surface area contributed by atoms with E-state index in [4.69, 9.17) is 14.9 Å². The molecule has 0 unspecified atom stereocenters. The maximum absolute atomic E-state index is 9.81. The highest BCUT2D eigenvalue weighted by molar-refractivity contribution is 7.75. The second kappa shape index (κ2) is 8.89. The summed E-state index contributed by atoms with van der Waals surface area (Å²) < 4.78 is 5.01. The second-order valence-electron chi connectivity index (χ2n) is 8.22. The van der Waals surface area contributed by atoms with Crippen LogP contribution in [0.3, 0.4) is 0 Å². The molecule has 152 valence electrons. The minimum Gasteiger partial charge on any atom is -0.506 e. The zero-order valence-corrected chi connectivity index (χ0v) is 17.9. The predicted octanol–water partition coefficient (Wildman–Crippen LogP) is 6.28. The molecular formula is C24H28N2O2S. The third-order valence-corrected chi connectivity index (χ3v) is 5.49. The fourth-order valence-corrected chi connectivity index (χ4v) is 3.83. The molecule has 1 fully saturated rings. The molecule has 0 bridgehead atoms. The predicted molar refractivity (Wildman–Crippen MR) is 123 cm³/mol. The van der Waals surface area contributed by atoms with E-state index >= 15 is 0 Å². The van der Waals surface area contributed by atoms with Crippen LogP contribution < -0.4 is 5.73 Å². The van der Waals surface area contributed by atoms with Gasteiger partial charge in [0.1, 0.15) is 5.76 Å². The smallest absolute Gasteiger partial charge is 0.131 e. The SMILES string of the molecule is C=C(O)C(N)=C1CC(C)(C)CCC1=Nc1ccc(-c2ccccc2COS)cc1. The van der Waals surface area contributed by atoms with E-state index in [1.807, 2.05) is 30.3 Å². The number of hydrogen-bond donors (Lipinski definition) is 3. The number of allylic oxidation sites excluding steroid dienone is 1. The number of aliphatic hydroxyl groups is 1. The standard InChI is InChI=1S/C24H28N2O2S/c1-16(27)23(25)21-14-24(2,3)13-12-22(21)26-19-10-8-17(9-11-19)20-7-5-4-6-18(20)15-28-29/h4-11,27,29H,1,12-15,25H2,2-3H3. The Bertz CT molecular complexity index is 959. The van der Waals surface area contributed by atoms with E-state index in [1.165, 1.54) is 0 Å². The first-order valence-electron chi connectivity index (χ1n) is 9.70. The van der Waals surface area contributed by atoms with E-state index in [-0.39, 0.29) is 11.2 Å². The van der Waals surface area contributed by atoms with Crippen molar-refractivity contribution in [1.82, 2.24) is 0 Å². The molecule has 4 nitrogen and oxygen atoms in total. The van der Waals surface area contributed by atoms with Gasteiger partial charge in [0, 0.05) is 11.3 Å². The third kappa shape index (κ3) is 5.11. The minimum absolute atomic E-state index is 0.0937. The maximum atomic E-state index is 9.81. The van der Waals surface area contributed by atoms with Crippen molar-refractivity contribution >= 4 is 24.3 Å². The van der Waals surface area contributed by atoms with Crippen molar-refractivity contribution in [2.45, 2.75) is 39.7 Å². The molecular weight excluding hydrogens is 380 g/mol. The topological polar surface area (TPSA) is 67.8 Å². The maximum Gasteiger partial charge on any atom is 0.131 e. The lowest BCUT2D eigenvalue weighted by atomic mass is 9.73. The molecule has 0 atom stereocenters. The van der Waals surface area contributed by atoms with Crippen molar-refractivity contribution < 1.29 is 9.29 Å². The van der Waals surface area contributed by atoms with Crippen LogP contribution in [0.15, 0.2) is 77.1 Å². The van der Waals surface area contributed by atoms with Crippen molar-refractivity contribution in [3.05, 3.63) is 77.7 Å². The fourth-order valence-electron chi connectivity index (χ4n) is 3.69. The van der Waals surface area contributed by atoms with Crippen molar-refractivity contribution in [3.63, 3.8) is 0 Å². The molecule has 5 heteroatoms. The summed E-state index contributed by atoms with van der Waals surface area (Å²) in [5.74, 6) is -0.0937. The van der Waals surface area contributed by atoms with E-state index in [1.54, 1.807) is 0 Å². The number of benzene rings is 2. The zero-order valence-electron chi connectivity index (χ0n) is 17.0. The van der Waals surface area contributed by atoms with Crippen LogP contribution in [0.5, 0.6) is 0 Å². The van der Waals surface area contributed by atoms with Crippen LogP contribution in [0.25, 0.3) is 11.1 Å². The minimum atomic E-state index is -0.0937. The number of nitrogens with two attached hydrogens (primary N) is 1. The van der Waals surface area contributed by atoms with E-state index < -0.39 is 0 Å². The van der Waals surface area contributed by atoms with Gasteiger partial charge < -0.3 is 15.0 Å². The molecule has 2 aromatic carbocycles. The highest BCUT2D eigenvalue weighted by Gasteiger charge is 2.30. The molecule has 2 aromatic rings. The normalized spacial score (nSPS) is 19.2. The van der Waals surface area contributed by atoms with Crippen LogP contribution in [0.4, 0.5) is 5.69 Å². The molecule has 1 aliphatic carbocycles. The Morgan fingerprint density at radius 2 is 1.90 bits per heavy atom. The Hall–Kier alpha value is -2.50. The number of aliphatic imine (C=N–C) groups is 1. The summed E-state index contributed by atoms with van der Waals surface area (Å²) in [4.78, 5) is 4.85. The van der Waals surface area contributed by atoms with Gasteiger partial charge >= 0.3 is 0 Å². The van der Waals surface area contributed by atoms with E-state index in [2.05, 4.69) is 51.5 Å². The molecule has 29 heavy (non-hydrogen) atoms. The van der Waals surface area contributed by atoms with Gasteiger partial charge in [-0.15, -0.1) is 0 Å². The Labute approximate surface area is 178 Å². The number of aliphatic hydroxyl groups excluding tert-OH is 1. The van der Waals surface area contributed by atoms with Crippen LogP contribution >= 0.6 is 12.9 Å². The molecule has 1 aliphatic rings. The number of hydrogen-bond acceptors (Lipinski definition) is 5. The van der Waals surface area contributed by atoms with E-state index in [0.717, 1.165) is 52.9 Å². The zero-order chi connectivity index (χ0) is 21.0. The van der Waals surface area contributed by atoms with Gasteiger partial charge in [-0.05, 0) is 66.4 Å². The van der Waals surface area contributed by atoms with Gasteiger partial charge in [-0.1, -0.05) is 56.8 Å². The van der Waals surface area contributed by atoms with Crippen LogP contribution in [-0.4, -0.2) is 10.8 Å².